The van der Waals surface area contributed by atoms with Crippen LogP contribution < -0.4 is 10.2 Å². The van der Waals surface area contributed by atoms with Crippen molar-refractivity contribution in [1.29, 1.82) is 0 Å². The Kier molecular flexibility index (Phi) is 4.15. The first kappa shape index (κ1) is 16.4. The lowest BCUT2D eigenvalue weighted by molar-refractivity contribution is -0.134. The normalized spacial score (nSPS) is 23.8. The number of nitrogens with zero attached hydrogens (tertiary/aromatic N) is 3. The van der Waals surface area contributed by atoms with Crippen LogP contribution in [0.4, 0.5) is 13.9 Å². The molecule has 0 radical (unpaired) electrons. The zero-order chi connectivity index (χ0) is 17.4. The monoisotopic (exact) mass is 364 g/mol. The molecule has 1 spiro atoms. The number of amides is 1. The first-order valence-electron chi connectivity index (χ1n) is 8.39. The number of anilines is 1. The number of rotatable bonds is 2. The number of hydrogen-bond acceptors (Lipinski definition) is 5. The van der Waals surface area contributed by atoms with Crippen molar-refractivity contribution in [2.24, 2.45) is 5.41 Å². The van der Waals surface area contributed by atoms with E-state index >= 15 is 0 Å². The van der Waals surface area contributed by atoms with E-state index in [1.165, 1.54) is 23.7 Å². The fourth-order valence-corrected chi connectivity index (χ4v) is 4.47. The van der Waals surface area contributed by atoms with Crippen molar-refractivity contribution in [3.63, 3.8) is 0 Å². The number of carbonyl (C=O) groups is 1. The van der Waals surface area contributed by atoms with Gasteiger partial charge in [0.25, 0.3) is 0 Å². The summed E-state index contributed by atoms with van der Waals surface area (Å²) in [7, 11) is 0. The molecule has 0 saturated carbocycles. The topological polar surface area (TPSA) is 58.1 Å². The van der Waals surface area contributed by atoms with Crippen molar-refractivity contribution in [3.8, 4) is 11.4 Å². The molecule has 1 atom stereocenters. The SMILES string of the molecule is O=C1NCCCC12CCCN(c1nc(-c3cc(F)cc(F)c3)ns1)C2. The Hall–Kier alpha value is -2.09. The smallest absolute Gasteiger partial charge is 0.228 e. The molecule has 132 valence electrons. The standard InChI is InChI=1S/C17H18F2N4OS/c18-12-7-11(8-13(19)9-12)14-21-16(25-22-14)23-6-2-4-17(10-23)3-1-5-20-15(17)24/h7-9H,1-6,10H2,(H,20,24). The van der Waals surface area contributed by atoms with Crippen LogP contribution in [-0.4, -0.2) is 34.9 Å². The fourth-order valence-electron chi connectivity index (χ4n) is 3.76. The molecule has 3 heterocycles. The molecule has 25 heavy (non-hydrogen) atoms. The summed E-state index contributed by atoms with van der Waals surface area (Å²) in [5.41, 5.74) is -0.0325. The highest BCUT2D eigenvalue weighted by atomic mass is 32.1. The van der Waals surface area contributed by atoms with E-state index in [-0.39, 0.29) is 11.3 Å². The van der Waals surface area contributed by atoms with Gasteiger partial charge in [-0.25, -0.2) is 8.78 Å². The molecule has 8 heteroatoms. The largest absolute Gasteiger partial charge is 0.356 e. The van der Waals surface area contributed by atoms with Crippen molar-refractivity contribution in [3.05, 3.63) is 29.8 Å². The molecule has 1 aromatic carbocycles. The highest BCUT2D eigenvalue weighted by Crippen LogP contribution is 2.39. The van der Waals surface area contributed by atoms with Crippen LogP contribution in [0, 0.1) is 17.0 Å². The third-order valence-corrected chi connectivity index (χ3v) is 5.76. The minimum absolute atomic E-state index is 0.125. The number of halogens is 2. The summed E-state index contributed by atoms with van der Waals surface area (Å²) >= 11 is 1.20. The third-order valence-electron chi connectivity index (χ3n) is 4.98. The van der Waals surface area contributed by atoms with Crippen molar-refractivity contribution < 1.29 is 13.6 Å². The maximum absolute atomic E-state index is 13.4. The number of piperidine rings is 2. The van der Waals surface area contributed by atoms with E-state index in [1.807, 2.05) is 0 Å². The van der Waals surface area contributed by atoms with Crippen molar-refractivity contribution >= 4 is 22.6 Å². The van der Waals surface area contributed by atoms with Gasteiger partial charge in [-0.1, -0.05) is 0 Å². The lowest BCUT2D eigenvalue weighted by Crippen LogP contribution is -2.54. The third kappa shape index (κ3) is 3.10. The second-order valence-electron chi connectivity index (χ2n) is 6.72. The van der Waals surface area contributed by atoms with Gasteiger partial charge in [0, 0.05) is 42.8 Å². The molecule has 1 aromatic heterocycles. The molecule has 2 aromatic rings. The zero-order valence-corrected chi connectivity index (χ0v) is 14.4. The molecule has 2 aliphatic rings. The van der Waals surface area contributed by atoms with Crippen LogP contribution in [-0.2, 0) is 4.79 Å². The maximum atomic E-state index is 13.4. The Bertz CT molecular complexity index is 787. The molecule has 1 amide bonds. The quantitative estimate of drug-likeness (QED) is 0.890. The lowest BCUT2D eigenvalue weighted by atomic mass is 9.74. The van der Waals surface area contributed by atoms with Gasteiger partial charge in [0.15, 0.2) is 5.82 Å². The summed E-state index contributed by atoms with van der Waals surface area (Å²) in [6.07, 6.45) is 3.67. The molecule has 1 N–H and O–H groups in total. The molecule has 1 unspecified atom stereocenters. The Balaban J connectivity index is 1.58. The van der Waals surface area contributed by atoms with Crippen LogP contribution in [0.3, 0.4) is 0 Å². The van der Waals surface area contributed by atoms with E-state index in [2.05, 4.69) is 19.6 Å². The summed E-state index contributed by atoms with van der Waals surface area (Å²) in [4.78, 5) is 18.9. The van der Waals surface area contributed by atoms with Crippen molar-refractivity contribution in [1.82, 2.24) is 14.7 Å². The van der Waals surface area contributed by atoms with E-state index in [4.69, 9.17) is 0 Å². The predicted octanol–water partition coefficient (Wildman–Crippen LogP) is 2.98. The molecule has 5 nitrogen and oxygen atoms in total. The first-order valence-corrected chi connectivity index (χ1v) is 9.17. The average Bonchev–Trinajstić information content (AvgIpc) is 3.07. The van der Waals surface area contributed by atoms with Gasteiger partial charge in [-0.3, -0.25) is 4.79 Å². The highest BCUT2D eigenvalue weighted by molar-refractivity contribution is 7.09. The number of carbonyl (C=O) groups excluding carboxylic acids is 1. The van der Waals surface area contributed by atoms with Gasteiger partial charge < -0.3 is 10.2 Å². The van der Waals surface area contributed by atoms with Crippen LogP contribution in [0.5, 0.6) is 0 Å². The molecular formula is C17H18F2N4OS. The summed E-state index contributed by atoms with van der Waals surface area (Å²) in [6, 6.07) is 3.27. The number of hydrogen-bond donors (Lipinski definition) is 1. The van der Waals surface area contributed by atoms with Gasteiger partial charge in [-0.15, -0.1) is 0 Å². The number of benzene rings is 1. The van der Waals surface area contributed by atoms with Gasteiger partial charge in [0.2, 0.25) is 11.0 Å². The van der Waals surface area contributed by atoms with Crippen LogP contribution in [0.1, 0.15) is 25.7 Å². The highest BCUT2D eigenvalue weighted by Gasteiger charge is 2.44. The van der Waals surface area contributed by atoms with E-state index in [0.29, 0.717) is 23.1 Å². The molecule has 2 saturated heterocycles. The zero-order valence-electron chi connectivity index (χ0n) is 13.6. The van der Waals surface area contributed by atoms with Crippen molar-refractivity contribution in [2.75, 3.05) is 24.5 Å². The summed E-state index contributed by atoms with van der Waals surface area (Å²) in [5, 5.41) is 3.67. The summed E-state index contributed by atoms with van der Waals surface area (Å²) in [6.45, 7) is 2.17. The van der Waals surface area contributed by atoms with E-state index in [0.717, 1.165) is 44.8 Å². The van der Waals surface area contributed by atoms with Crippen molar-refractivity contribution in [2.45, 2.75) is 25.7 Å². The molecular weight excluding hydrogens is 346 g/mol. The average molecular weight is 364 g/mol. The van der Waals surface area contributed by atoms with Crippen LogP contribution in [0.15, 0.2) is 18.2 Å². The molecule has 0 aliphatic carbocycles. The van der Waals surface area contributed by atoms with Gasteiger partial charge in [0.1, 0.15) is 11.6 Å². The number of aromatic nitrogens is 2. The number of nitrogens with one attached hydrogen (secondary N) is 1. The van der Waals surface area contributed by atoms with E-state index in [9.17, 15) is 13.6 Å². The maximum Gasteiger partial charge on any atom is 0.228 e. The Morgan fingerprint density at radius 1 is 1.16 bits per heavy atom. The Morgan fingerprint density at radius 3 is 2.68 bits per heavy atom. The van der Waals surface area contributed by atoms with Gasteiger partial charge in [-0.05, 0) is 37.8 Å². The lowest BCUT2D eigenvalue weighted by Gasteiger charge is -2.43. The molecule has 2 aliphatic heterocycles. The van der Waals surface area contributed by atoms with Gasteiger partial charge in [-0.2, -0.15) is 9.36 Å². The predicted molar refractivity (Wildman–Crippen MR) is 91.4 cm³/mol. The first-order chi connectivity index (χ1) is 12.1. The van der Waals surface area contributed by atoms with Crippen LogP contribution in [0.25, 0.3) is 11.4 Å². The summed E-state index contributed by atoms with van der Waals surface area (Å²) < 4.78 is 31.1. The molecule has 4 rings (SSSR count). The minimum Gasteiger partial charge on any atom is -0.356 e. The van der Waals surface area contributed by atoms with E-state index < -0.39 is 11.6 Å². The van der Waals surface area contributed by atoms with Gasteiger partial charge in [0.05, 0.1) is 5.41 Å². The van der Waals surface area contributed by atoms with Gasteiger partial charge >= 0.3 is 0 Å². The molecule has 2 fully saturated rings. The van der Waals surface area contributed by atoms with Crippen LogP contribution >= 0.6 is 11.5 Å². The second kappa shape index (κ2) is 6.33. The van der Waals surface area contributed by atoms with Crippen LogP contribution in [0.2, 0.25) is 0 Å². The fraction of sp³-hybridized carbons (Fsp3) is 0.471. The Labute approximate surface area is 148 Å². The summed E-state index contributed by atoms with van der Waals surface area (Å²) in [5.74, 6) is -0.865. The Morgan fingerprint density at radius 2 is 1.92 bits per heavy atom. The minimum atomic E-state index is -0.651. The van der Waals surface area contributed by atoms with E-state index in [1.54, 1.807) is 0 Å². The second-order valence-corrected chi connectivity index (χ2v) is 7.45. The molecule has 0 bridgehead atoms.